The molecule has 0 radical (unpaired) electrons. The van der Waals surface area contributed by atoms with Gasteiger partial charge >= 0.3 is 12.1 Å². The molecule has 2 aromatic carbocycles. The van der Waals surface area contributed by atoms with Gasteiger partial charge in [0.05, 0.1) is 12.6 Å². The van der Waals surface area contributed by atoms with E-state index in [1.165, 1.54) is 6.08 Å². The van der Waals surface area contributed by atoms with E-state index in [0.29, 0.717) is 19.7 Å². The van der Waals surface area contributed by atoms with Crippen molar-refractivity contribution >= 4 is 18.0 Å². The van der Waals surface area contributed by atoms with Crippen LogP contribution >= 0.6 is 0 Å². The standard InChI is InChI=1S/C31H35N3O6/c1-3-15-39-30(36)26(12-13-28(35)34-14-16-38-29(34)27-17-20(2)18-32-27)33-31(37)40-19-25-23-10-6-4-8-21(23)22-9-5-7-11-24(22)25/h3-11,25-27,29,32H,1-2,12-19H2,(H,33,37)/t26-,27-,29?/m0/s1. The minimum atomic E-state index is -1.05. The van der Waals surface area contributed by atoms with Crippen molar-refractivity contribution in [3.05, 3.63) is 84.5 Å². The quantitative estimate of drug-likeness (QED) is 0.348. The molecule has 2 saturated heterocycles. The maximum atomic E-state index is 13.1. The number of benzene rings is 2. The fourth-order valence-corrected chi connectivity index (χ4v) is 5.71. The summed E-state index contributed by atoms with van der Waals surface area (Å²) in [6, 6.07) is 15.1. The summed E-state index contributed by atoms with van der Waals surface area (Å²) in [5.41, 5.74) is 5.50. The Balaban J connectivity index is 1.20. The Bertz CT molecular complexity index is 1250. The van der Waals surface area contributed by atoms with Crippen LogP contribution in [0.15, 0.2) is 73.3 Å². The Morgan fingerprint density at radius 3 is 2.45 bits per heavy atom. The molecule has 1 aliphatic carbocycles. The van der Waals surface area contributed by atoms with Crippen molar-refractivity contribution in [3.8, 4) is 11.1 Å². The highest BCUT2D eigenvalue weighted by Gasteiger charge is 2.38. The number of hydrogen-bond acceptors (Lipinski definition) is 7. The Morgan fingerprint density at radius 1 is 1.10 bits per heavy atom. The molecule has 3 atom stereocenters. The highest BCUT2D eigenvalue weighted by molar-refractivity contribution is 5.83. The summed E-state index contributed by atoms with van der Waals surface area (Å²) in [6.07, 6.45) is 1.16. The van der Waals surface area contributed by atoms with Crippen LogP contribution in [0.25, 0.3) is 11.1 Å². The van der Waals surface area contributed by atoms with Crippen molar-refractivity contribution in [3.63, 3.8) is 0 Å². The molecular weight excluding hydrogens is 510 g/mol. The largest absolute Gasteiger partial charge is 0.460 e. The van der Waals surface area contributed by atoms with E-state index in [2.05, 4.69) is 35.9 Å². The zero-order valence-electron chi connectivity index (χ0n) is 22.5. The minimum absolute atomic E-state index is 0.00504. The Morgan fingerprint density at radius 2 is 1.80 bits per heavy atom. The number of alkyl carbamates (subject to hydrolysis) is 1. The van der Waals surface area contributed by atoms with Crippen molar-refractivity contribution < 1.29 is 28.6 Å². The topological polar surface area (TPSA) is 106 Å². The number of nitrogens with one attached hydrogen (secondary N) is 2. The second kappa shape index (κ2) is 12.5. The van der Waals surface area contributed by atoms with E-state index in [9.17, 15) is 14.4 Å². The monoisotopic (exact) mass is 545 g/mol. The molecule has 2 aromatic rings. The van der Waals surface area contributed by atoms with Crippen LogP contribution in [0.5, 0.6) is 0 Å². The average Bonchev–Trinajstić information content (AvgIpc) is 3.70. The normalized spacial score (nSPS) is 20.5. The molecule has 40 heavy (non-hydrogen) atoms. The van der Waals surface area contributed by atoms with Gasteiger partial charge in [-0.2, -0.15) is 0 Å². The van der Waals surface area contributed by atoms with Crippen molar-refractivity contribution in [1.82, 2.24) is 15.5 Å². The van der Waals surface area contributed by atoms with Gasteiger partial charge in [0.15, 0.2) is 0 Å². The van der Waals surface area contributed by atoms with Gasteiger partial charge in [-0.05, 0) is 35.1 Å². The molecule has 3 aliphatic rings. The fourth-order valence-electron chi connectivity index (χ4n) is 5.71. The molecule has 210 valence electrons. The molecule has 5 rings (SSSR count). The lowest BCUT2D eigenvalue weighted by molar-refractivity contribution is -0.145. The van der Waals surface area contributed by atoms with Gasteiger partial charge in [-0.1, -0.05) is 73.3 Å². The van der Waals surface area contributed by atoms with E-state index in [4.69, 9.17) is 14.2 Å². The molecule has 2 heterocycles. The maximum absolute atomic E-state index is 13.1. The average molecular weight is 546 g/mol. The van der Waals surface area contributed by atoms with Crippen molar-refractivity contribution in [2.24, 2.45) is 0 Å². The lowest BCUT2D eigenvalue weighted by Gasteiger charge is -2.28. The third-order valence-electron chi connectivity index (χ3n) is 7.63. The van der Waals surface area contributed by atoms with Crippen molar-refractivity contribution in [2.45, 2.75) is 43.5 Å². The summed E-state index contributed by atoms with van der Waals surface area (Å²) in [7, 11) is 0. The predicted octanol–water partition coefficient (Wildman–Crippen LogP) is 3.51. The van der Waals surface area contributed by atoms with Crippen LogP contribution in [0.2, 0.25) is 0 Å². The van der Waals surface area contributed by atoms with E-state index >= 15 is 0 Å². The summed E-state index contributed by atoms with van der Waals surface area (Å²) < 4.78 is 16.6. The van der Waals surface area contributed by atoms with Crippen LogP contribution < -0.4 is 10.6 Å². The zero-order valence-corrected chi connectivity index (χ0v) is 22.5. The molecule has 0 bridgehead atoms. The number of nitrogens with zero attached hydrogens (tertiary/aromatic N) is 1. The van der Waals surface area contributed by atoms with Crippen LogP contribution in [0.3, 0.4) is 0 Å². The SMILES string of the molecule is C=CCOC(=O)[C@H](CCC(=O)N1CCOC1[C@@H]1CC(=C)CN1)NC(=O)OCC1c2ccccc2-c2ccccc21. The molecule has 9 nitrogen and oxygen atoms in total. The summed E-state index contributed by atoms with van der Waals surface area (Å²) in [5.74, 6) is -0.917. The van der Waals surface area contributed by atoms with Crippen LogP contribution in [-0.4, -0.2) is 74.1 Å². The van der Waals surface area contributed by atoms with Gasteiger partial charge in [0.25, 0.3) is 0 Å². The van der Waals surface area contributed by atoms with Crippen LogP contribution in [0.4, 0.5) is 4.79 Å². The molecule has 9 heteroatoms. The fraction of sp³-hybridized carbons (Fsp3) is 0.387. The molecular formula is C31H35N3O6. The van der Waals surface area contributed by atoms with E-state index in [0.717, 1.165) is 34.2 Å². The summed E-state index contributed by atoms with van der Waals surface area (Å²) >= 11 is 0. The number of ether oxygens (including phenoxy) is 3. The number of carbonyl (C=O) groups excluding carboxylic acids is 3. The first-order valence-electron chi connectivity index (χ1n) is 13.7. The Labute approximate surface area is 234 Å². The van der Waals surface area contributed by atoms with E-state index in [1.807, 2.05) is 36.4 Å². The number of carbonyl (C=O) groups is 3. The molecule has 2 fully saturated rings. The highest BCUT2D eigenvalue weighted by atomic mass is 16.6. The molecule has 0 spiro atoms. The second-order valence-corrected chi connectivity index (χ2v) is 10.3. The van der Waals surface area contributed by atoms with Gasteiger partial charge in [0.1, 0.15) is 25.5 Å². The second-order valence-electron chi connectivity index (χ2n) is 10.3. The van der Waals surface area contributed by atoms with Crippen LogP contribution in [0.1, 0.15) is 36.3 Å². The van der Waals surface area contributed by atoms with Gasteiger partial charge < -0.3 is 29.7 Å². The Kier molecular flexibility index (Phi) is 8.62. The van der Waals surface area contributed by atoms with Gasteiger partial charge in [0.2, 0.25) is 5.91 Å². The first-order valence-corrected chi connectivity index (χ1v) is 13.7. The number of esters is 1. The van der Waals surface area contributed by atoms with Gasteiger partial charge in [0, 0.05) is 25.4 Å². The smallest absolute Gasteiger partial charge is 0.407 e. The van der Waals surface area contributed by atoms with Crippen LogP contribution in [0, 0.1) is 0 Å². The third kappa shape index (κ3) is 5.95. The van der Waals surface area contributed by atoms with Gasteiger partial charge in [-0.25, -0.2) is 9.59 Å². The molecule has 2 aliphatic heterocycles. The highest BCUT2D eigenvalue weighted by Crippen LogP contribution is 2.44. The van der Waals surface area contributed by atoms with Crippen molar-refractivity contribution in [2.75, 3.05) is 32.9 Å². The molecule has 1 unspecified atom stereocenters. The van der Waals surface area contributed by atoms with Crippen LogP contribution in [-0.2, 0) is 23.8 Å². The number of fused-ring (bicyclic) bond motifs is 3. The van der Waals surface area contributed by atoms with E-state index < -0.39 is 18.1 Å². The number of hydrogen-bond donors (Lipinski definition) is 2. The molecule has 0 saturated carbocycles. The van der Waals surface area contributed by atoms with Crippen molar-refractivity contribution in [1.29, 1.82) is 0 Å². The summed E-state index contributed by atoms with van der Waals surface area (Å²) in [5, 5.41) is 5.96. The van der Waals surface area contributed by atoms with Gasteiger partial charge in [-0.3, -0.25) is 4.79 Å². The first-order chi connectivity index (χ1) is 19.5. The lowest BCUT2D eigenvalue weighted by atomic mass is 9.98. The third-order valence-corrected chi connectivity index (χ3v) is 7.63. The maximum Gasteiger partial charge on any atom is 0.407 e. The minimum Gasteiger partial charge on any atom is -0.460 e. The van der Waals surface area contributed by atoms with Gasteiger partial charge in [-0.15, -0.1) is 0 Å². The van der Waals surface area contributed by atoms with E-state index in [1.54, 1.807) is 4.90 Å². The molecule has 2 N–H and O–H groups in total. The zero-order chi connectivity index (χ0) is 28.1. The Hall–Kier alpha value is -3.95. The molecule has 2 amide bonds. The molecule has 0 aromatic heterocycles. The number of rotatable bonds is 10. The lowest BCUT2D eigenvalue weighted by Crippen LogP contribution is -2.48. The summed E-state index contributed by atoms with van der Waals surface area (Å²) in [4.78, 5) is 40.5. The first kappa shape index (κ1) is 27.6. The predicted molar refractivity (Wildman–Crippen MR) is 149 cm³/mol. The van der Waals surface area contributed by atoms with E-state index in [-0.39, 0.29) is 50.2 Å². The number of amides is 2. The summed E-state index contributed by atoms with van der Waals surface area (Å²) in [6.45, 7) is 9.30.